The monoisotopic (exact) mass is 193 g/mol. The number of nitrogens with zero attached hydrogens (tertiary/aromatic N) is 3. The maximum atomic E-state index is 5.54. The number of anilines is 1. The van der Waals surface area contributed by atoms with Crippen LogP contribution in [0.5, 0.6) is 0 Å². The van der Waals surface area contributed by atoms with Crippen molar-refractivity contribution in [2.75, 3.05) is 18.1 Å². The summed E-state index contributed by atoms with van der Waals surface area (Å²) in [4.78, 5) is 10.7. The highest BCUT2D eigenvalue weighted by Crippen LogP contribution is 2.17. The summed E-state index contributed by atoms with van der Waals surface area (Å²) in [7, 11) is 0. The van der Waals surface area contributed by atoms with Gasteiger partial charge in [-0.3, -0.25) is 0 Å². The van der Waals surface area contributed by atoms with E-state index in [9.17, 15) is 0 Å². The molecule has 0 unspecified atom stereocenters. The van der Waals surface area contributed by atoms with Crippen molar-refractivity contribution in [3.63, 3.8) is 0 Å². The van der Waals surface area contributed by atoms with Gasteiger partial charge in [-0.2, -0.15) is 0 Å². The minimum Gasteiger partial charge on any atom is -0.375 e. The van der Waals surface area contributed by atoms with E-state index in [-0.39, 0.29) is 6.10 Å². The van der Waals surface area contributed by atoms with Crippen molar-refractivity contribution in [2.24, 2.45) is 0 Å². The Labute approximate surface area is 83.9 Å². The van der Waals surface area contributed by atoms with Gasteiger partial charge >= 0.3 is 0 Å². The molecular weight excluding hydrogens is 178 g/mol. The van der Waals surface area contributed by atoms with Gasteiger partial charge in [0.25, 0.3) is 0 Å². The van der Waals surface area contributed by atoms with Crippen LogP contribution >= 0.6 is 0 Å². The zero-order valence-corrected chi connectivity index (χ0v) is 8.55. The Balaban J connectivity index is 2.17. The van der Waals surface area contributed by atoms with Crippen LogP contribution in [0.25, 0.3) is 0 Å². The Hall–Kier alpha value is -1.16. The molecule has 1 saturated heterocycles. The third-order valence-corrected chi connectivity index (χ3v) is 2.69. The number of aromatic nitrogens is 2. The highest BCUT2D eigenvalue weighted by molar-refractivity contribution is 5.31. The second-order valence-electron chi connectivity index (χ2n) is 3.56. The Morgan fingerprint density at radius 2 is 2.07 bits per heavy atom. The van der Waals surface area contributed by atoms with Crippen molar-refractivity contribution in [1.82, 2.24) is 9.97 Å². The Morgan fingerprint density at radius 1 is 1.36 bits per heavy atom. The van der Waals surface area contributed by atoms with Gasteiger partial charge in [0.2, 0.25) is 5.95 Å². The average Bonchev–Trinajstić information content (AvgIpc) is 2.23. The van der Waals surface area contributed by atoms with Gasteiger partial charge in [-0.05, 0) is 19.9 Å². The average molecular weight is 193 g/mol. The van der Waals surface area contributed by atoms with Crippen LogP contribution in [-0.4, -0.2) is 35.3 Å². The summed E-state index contributed by atoms with van der Waals surface area (Å²) in [5.41, 5.74) is 0. The summed E-state index contributed by atoms with van der Waals surface area (Å²) in [6.07, 6.45) is 3.79. The lowest BCUT2D eigenvalue weighted by Gasteiger charge is -2.37. The zero-order valence-electron chi connectivity index (χ0n) is 8.55. The Bertz CT molecular complexity index is 291. The maximum Gasteiger partial charge on any atom is 0.225 e. The van der Waals surface area contributed by atoms with Crippen LogP contribution in [0.3, 0.4) is 0 Å². The molecule has 0 aromatic carbocycles. The quantitative estimate of drug-likeness (QED) is 0.669. The predicted octanol–water partition coefficient (Wildman–Crippen LogP) is 1.09. The number of morpholine rings is 1. The van der Waals surface area contributed by atoms with Gasteiger partial charge in [-0.25, -0.2) is 9.97 Å². The summed E-state index contributed by atoms with van der Waals surface area (Å²) in [5.74, 6) is 0.801. The number of ether oxygens (including phenoxy) is 1. The van der Waals surface area contributed by atoms with E-state index in [0.29, 0.717) is 6.04 Å². The molecule has 1 aliphatic rings. The third-order valence-electron chi connectivity index (χ3n) is 2.69. The minimum absolute atomic E-state index is 0.243. The molecule has 2 rings (SSSR count). The second-order valence-corrected chi connectivity index (χ2v) is 3.56. The molecule has 1 aromatic rings. The molecule has 0 spiro atoms. The summed E-state index contributed by atoms with van der Waals surface area (Å²) < 4.78 is 5.54. The predicted molar refractivity (Wildman–Crippen MR) is 54.3 cm³/mol. The number of hydrogen-bond donors (Lipinski definition) is 0. The van der Waals surface area contributed by atoms with Gasteiger partial charge in [0, 0.05) is 18.9 Å². The van der Waals surface area contributed by atoms with Crippen molar-refractivity contribution < 1.29 is 4.74 Å². The molecule has 1 aliphatic heterocycles. The van der Waals surface area contributed by atoms with Crippen LogP contribution in [0, 0.1) is 0 Å². The van der Waals surface area contributed by atoms with Crippen molar-refractivity contribution >= 4 is 5.95 Å². The van der Waals surface area contributed by atoms with Crippen LogP contribution in [-0.2, 0) is 4.74 Å². The van der Waals surface area contributed by atoms with E-state index >= 15 is 0 Å². The first-order valence-corrected chi connectivity index (χ1v) is 4.94. The van der Waals surface area contributed by atoms with E-state index in [4.69, 9.17) is 4.74 Å². The van der Waals surface area contributed by atoms with Crippen LogP contribution in [0.4, 0.5) is 5.95 Å². The molecule has 4 heteroatoms. The first kappa shape index (κ1) is 9.40. The summed E-state index contributed by atoms with van der Waals surface area (Å²) in [6, 6.07) is 2.17. The normalized spacial score (nSPS) is 27.7. The lowest BCUT2D eigenvalue weighted by Crippen LogP contribution is -2.49. The summed E-state index contributed by atoms with van der Waals surface area (Å²) in [5, 5.41) is 0. The third kappa shape index (κ3) is 1.70. The van der Waals surface area contributed by atoms with E-state index in [1.54, 1.807) is 12.4 Å². The minimum atomic E-state index is 0.243. The van der Waals surface area contributed by atoms with Gasteiger partial charge in [-0.15, -0.1) is 0 Å². The SMILES string of the molecule is C[C@@H]1OCCN(c2ncccn2)[C@@H]1C. The molecule has 2 atom stereocenters. The molecule has 2 heterocycles. The standard InChI is InChI=1S/C10H15N3O/c1-8-9(2)14-7-6-13(8)10-11-4-3-5-12-10/h3-5,8-9H,6-7H2,1-2H3/t8-,9+/m1/s1. The van der Waals surface area contributed by atoms with Gasteiger partial charge in [0.05, 0.1) is 18.8 Å². The fourth-order valence-corrected chi connectivity index (χ4v) is 1.65. The van der Waals surface area contributed by atoms with Crippen LogP contribution in [0.2, 0.25) is 0 Å². The molecule has 0 aliphatic carbocycles. The molecule has 0 saturated carbocycles. The largest absolute Gasteiger partial charge is 0.375 e. The van der Waals surface area contributed by atoms with Gasteiger partial charge in [0.1, 0.15) is 0 Å². The molecule has 4 nitrogen and oxygen atoms in total. The molecule has 1 fully saturated rings. The van der Waals surface area contributed by atoms with Crippen LogP contribution < -0.4 is 4.90 Å². The van der Waals surface area contributed by atoms with E-state index in [1.807, 2.05) is 6.07 Å². The zero-order chi connectivity index (χ0) is 9.97. The van der Waals surface area contributed by atoms with Crippen molar-refractivity contribution in [1.29, 1.82) is 0 Å². The number of hydrogen-bond acceptors (Lipinski definition) is 4. The Morgan fingerprint density at radius 3 is 2.79 bits per heavy atom. The van der Waals surface area contributed by atoms with E-state index in [2.05, 4.69) is 28.7 Å². The first-order chi connectivity index (χ1) is 6.79. The first-order valence-electron chi connectivity index (χ1n) is 4.94. The molecule has 0 radical (unpaired) electrons. The highest BCUT2D eigenvalue weighted by atomic mass is 16.5. The van der Waals surface area contributed by atoms with E-state index < -0.39 is 0 Å². The van der Waals surface area contributed by atoms with Gasteiger partial charge < -0.3 is 9.64 Å². The second kappa shape index (κ2) is 3.92. The molecule has 14 heavy (non-hydrogen) atoms. The molecule has 1 aromatic heterocycles. The van der Waals surface area contributed by atoms with Crippen molar-refractivity contribution in [3.8, 4) is 0 Å². The smallest absolute Gasteiger partial charge is 0.225 e. The molecule has 76 valence electrons. The van der Waals surface area contributed by atoms with E-state index in [1.165, 1.54) is 0 Å². The highest BCUT2D eigenvalue weighted by Gasteiger charge is 2.26. The molecule has 0 amide bonds. The Kier molecular flexibility index (Phi) is 2.63. The summed E-state index contributed by atoms with van der Waals surface area (Å²) in [6.45, 7) is 5.85. The van der Waals surface area contributed by atoms with E-state index in [0.717, 1.165) is 19.1 Å². The summed E-state index contributed by atoms with van der Waals surface area (Å²) >= 11 is 0. The van der Waals surface area contributed by atoms with Crippen molar-refractivity contribution in [3.05, 3.63) is 18.5 Å². The maximum absolute atomic E-state index is 5.54. The number of rotatable bonds is 1. The fourth-order valence-electron chi connectivity index (χ4n) is 1.65. The fraction of sp³-hybridized carbons (Fsp3) is 0.600. The van der Waals surface area contributed by atoms with Crippen molar-refractivity contribution in [2.45, 2.75) is 26.0 Å². The molecule has 0 N–H and O–H groups in total. The van der Waals surface area contributed by atoms with Crippen LogP contribution in [0.1, 0.15) is 13.8 Å². The topological polar surface area (TPSA) is 38.2 Å². The molecule has 0 bridgehead atoms. The lowest BCUT2D eigenvalue weighted by molar-refractivity contribution is 0.0277. The molecular formula is C10H15N3O. The van der Waals surface area contributed by atoms with Gasteiger partial charge in [-0.1, -0.05) is 0 Å². The van der Waals surface area contributed by atoms with Crippen LogP contribution in [0.15, 0.2) is 18.5 Å². The lowest BCUT2D eigenvalue weighted by atomic mass is 10.1. The van der Waals surface area contributed by atoms with Gasteiger partial charge in [0.15, 0.2) is 0 Å².